The Morgan fingerprint density at radius 1 is 1.09 bits per heavy atom. The molecular formula is C19H32N4. The zero-order valence-corrected chi connectivity index (χ0v) is 14.9. The highest BCUT2D eigenvalue weighted by molar-refractivity contribution is 5.79. The SMILES string of the molecule is CN=C(NCCC(C)C)NCc1ccc(CN2CCCC2)cc1. The maximum absolute atomic E-state index is 4.27. The van der Waals surface area contributed by atoms with Crippen LogP contribution in [0.2, 0.25) is 0 Å². The summed E-state index contributed by atoms with van der Waals surface area (Å²) in [7, 11) is 1.82. The van der Waals surface area contributed by atoms with Crippen LogP contribution in [0.4, 0.5) is 0 Å². The lowest BCUT2D eigenvalue weighted by Crippen LogP contribution is -2.37. The molecule has 0 atom stereocenters. The minimum absolute atomic E-state index is 0.712. The van der Waals surface area contributed by atoms with Gasteiger partial charge in [-0.3, -0.25) is 9.89 Å². The predicted molar refractivity (Wildman–Crippen MR) is 98.6 cm³/mol. The van der Waals surface area contributed by atoms with Crippen molar-refractivity contribution >= 4 is 5.96 Å². The summed E-state index contributed by atoms with van der Waals surface area (Å²) in [5.74, 6) is 1.59. The molecule has 23 heavy (non-hydrogen) atoms. The third-order valence-electron chi connectivity index (χ3n) is 4.33. The molecule has 1 aromatic rings. The maximum atomic E-state index is 4.27. The van der Waals surface area contributed by atoms with Gasteiger partial charge in [0, 0.05) is 26.7 Å². The van der Waals surface area contributed by atoms with Crippen LogP contribution in [0, 0.1) is 5.92 Å². The van der Waals surface area contributed by atoms with Gasteiger partial charge >= 0.3 is 0 Å². The molecule has 1 heterocycles. The van der Waals surface area contributed by atoms with Gasteiger partial charge in [-0.25, -0.2) is 0 Å². The second-order valence-electron chi connectivity index (χ2n) is 6.83. The highest BCUT2D eigenvalue weighted by Crippen LogP contribution is 2.13. The second-order valence-corrected chi connectivity index (χ2v) is 6.83. The fourth-order valence-electron chi connectivity index (χ4n) is 2.85. The number of hydrogen-bond acceptors (Lipinski definition) is 2. The molecule has 0 bridgehead atoms. The average Bonchev–Trinajstić information content (AvgIpc) is 3.05. The first-order valence-electron chi connectivity index (χ1n) is 8.92. The molecule has 0 amide bonds. The van der Waals surface area contributed by atoms with E-state index in [1.165, 1.54) is 37.1 Å². The minimum Gasteiger partial charge on any atom is -0.356 e. The van der Waals surface area contributed by atoms with Crippen LogP contribution in [0.3, 0.4) is 0 Å². The van der Waals surface area contributed by atoms with Crippen molar-refractivity contribution in [2.45, 2.75) is 46.2 Å². The molecular weight excluding hydrogens is 284 g/mol. The molecule has 0 radical (unpaired) electrons. The van der Waals surface area contributed by atoms with Crippen molar-refractivity contribution in [2.75, 3.05) is 26.7 Å². The van der Waals surface area contributed by atoms with Gasteiger partial charge in [0.2, 0.25) is 0 Å². The van der Waals surface area contributed by atoms with Crippen LogP contribution in [-0.4, -0.2) is 37.5 Å². The molecule has 4 heteroatoms. The monoisotopic (exact) mass is 316 g/mol. The quantitative estimate of drug-likeness (QED) is 0.600. The van der Waals surface area contributed by atoms with Gasteiger partial charge in [-0.15, -0.1) is 0 Å². The van der Waals surface area contributed by atoms with Crippen LogP contribution < -0.4 is 10.6 Å². The third kappa shape index (κ3) is 6.61. The molecule has 1 saturated heterocycles. The van der Waals surface area contributed by atoms with E-state index < -0.39 is 0 Å². The molecule has 0 saturated carbocycles. The normalized spacial score (nSPS) is 16.1. The number of nitrogens with one attached hydrogen (secondary N) is 2. The number of guanidine groups is 1. The van der Waals surface area contributed by atoms with Gasteiger partial charge in [-0.05, 0) is 49.4 Å². The highest BCUT2D eigenvalue weighted by Gasteiger charge is 2.11. The average molecular weight is 316 g/mol. The van der Waals surface area contributed by atoms with Crippen LogP contribution in [-0.2, 0) is 13.1 Å². The van der Waals surface area contributed by atoms with E-state index in [0.717, 1.165) is 32.0 Å². The van der Waals surface area contributed by atoms with Gasteiger partial charge < -0.3 is 10.6 Å². The first-order chi connectivity index (χ1) is 11.2. The van der Waals surface area contributed by atoms with Gasteiger partial charge in [-0.1, -0.05) is 38.1 Å². The van der Waals surface area contributed by atoms with Crippen LogP contribution in [0.25, 0.3) is 0 Å². The van der Waals surface area contributed by atoms with E-state index in [1.54, 1.807) is 0 Å². The number of hydrogen-bond donors (Lipinski definition) is 2. The summed E-state index contributed by atoms with van der Waals surface area (Å²) in [4.78, 5) is 6.81. The minimum atomic E-state index is 0.712. The molecule has 1 aliphatic rings. The molecule has 0 aromatic heterocycles. The second kappa shape index (κ2) is 9.56. The van der Waals surface area contributed by atoms with Crippen molar-refractivity contribution in [3.05, 3.63) is 35.4 Å². The molecule has 0 unspecified atom stereocenters. The standard InChI is InChI=1S/C19H32N4/c1-16(2)10-11-21-19(20-3)22-14-17-6-8-18(9-7-17)15-23-12-4-5-13-23/h6-9,16H,4-5,10-15H2,1-3H3,(H2,20,21,22). The summed E-state index contributed by atoms with van der Waals surface area (Å²) in [6.07, 6.45) is 3.86. The molecule has 0 aliphatic carbocycles. The van der Waals surface area contributed by atoms with Gasteiger partial charge in [0.25, 0.3) is 0 Å². The van der Waals surface area contributed by atoms with E-state index in [4.69, 9.17) is 0 Å². The highest BCUT2D eigenvalue weighted by atomic mass is 15.2. The Morgan fingerprint density at radius 3 is 2.35 bits per heavy atom. The number of likely N-dealkylation sites (tertiary alicyclic amines) is 1. The lowest BCUT2D eigenvalue weighted by Gasteiger charge is -2.15. The summed E-state index contributed by atoms with van der Waals surface area (Å²) in [6, 6.07) is 8.95. The molecule has 2 N–H and O–H groups in total. The Kier molecular flexibility index (Phi) is 7.40. The molecule has 2 rings (SSSR count). The summed E-state index contributed by atoms with van der Waals surface area (Å²) in [5, 5.41) is 6.74. The van der Waals surface area contributed by atoms with E-state index in [9.17, 15) is 0 Å². The first-order valence-corrected chi connectivity index (χ1v) is 8.92. The molecule has 1 fully saturated rings. The van der Waals surface area contributed by atoms with E-state index in [-0.39, 0.29) is 0 Å². The number of benzene rings is 1. The summed E-state index contributed by atoms with van der Waals surface area (Å²) in [6.45, 7) is 9.84. The van der Waals surface area contributed by atoms with E-state index in [2.05, 4.69) is 58.6 Å². The Bertz CT molecular complexity index is 473. The van der Waals surface area contributed by atoms with Crippen LogP contribution in [0.1, 0.15) is 44.2 Å². The van der Waals surface area contributed by atoms with Crippen molar-refractivity contribution in [3.63, 3.8) is 0 Å². The lowest BCUT2D eigenvalue weighted by molar-refractivity contribution is 0.331. The molecule has 4 nitrogen and oxygen atoms in total. The summed E-state index contributed by atoms with van der Waals surface area (Å²) >= 11 is 0. The zero-order valence-electron chi connectivity index (χ0n) is 14.9. The molecule has 1 aliphatic heterocycles. The molecule has 1 aromatic carbocycles. The topological polar surface area (TPSA) is 39.7 Å². The fraction of sp³-hybridized carbons (Fsp3) is 0.632. The van der Waals surface area contributed by atoms with E-state index >= 15 is 0 Å². The number of nitrogens with zero attached hydrogens (tertiary/aromatic N) is 2. The van der Waals surface area contributed by atoms with E-state index in [1.807, 2.05) is 7.05 Å². The summed E-state index contributed by atoms with van der Waals surface area (Å²) < 4.78 is 0. The summed E-state index contributed by atoms with van der Waals surface area (Å²) in [5.41, 5.74) is 2.71. The third-order valence-corrected chi connectivity index (χ3v) is 4.33. The van der Waals surface area contributed by atoms with Crippen molar-refractivity contribution in [3.8, 4) is 0 Å². The molecule has 128 valence electrons. The van der Waals surface area contributed by atoms with Crippen LogP contribution in [0.15, 0.2) is 29.3 Å². The van der Waals surface area contributed by atoms with Crippen LogP contribution >= 0.6 is 0 Å². The van der Waals surface area contributed by atoms with Crippen molar-refractivity contribution in [1.82, 2.24) is 15.5 Å². The van der Waals surface area contributed by atoms with Gasteiger partial charge in [-0.2, -0.15) is 0 Å². The van der Waals surface area contributed by atoms with Crippen molar-refractivity contribution < 1.29 is 0 Å². The predicted octanol–water partition coefficient (Wildman–Crippen LogP) is 2.99. The Hall–Kier alpha value is -1.55. The Labute approximate surface area is 141 Å². The Morgan fingerprint density at radius 2 is 1.74 bits per heavy atom. The Balaban J connectivity index is 1.74. The van der Waals surface area contributed by atoms with Gasteiger partial charge in [0.05, 0.1) is 0 Å². The smallest absolute Gasteiger partial charge is 0.191 e. The number of rotatable bonds is 7. The van der Waals surface area contributed by atoms with Crippen LogP contribution in [0.5, 0.6) is 0 Å². The maximum Gasteiger partial charge on any atom is 0.191 e. The van der Waals surface area contributed by atoms with Gasteiger partial charge in [0.15, 0.2) is 5.96 Å². The van der Waals surface area contributed by atoms with Crippen molar-refractivity contribution in [1.29, 1.82) is 0 Å². The fourth-order valence-corrected chi connectivity index (χ4v) is 2.85. The number of aliphatic imine (C=N–C) groups is 1. The molecule has 0 spiro atoms. The van der Waals surface area contributed by atoms with Gasteiger partial charge in [0.1, 0.15) is 0 Å². The first kappa shape index (κ1) is 17.8. The van der Waals surface area contributed by atoms with E-state index in [0.29, 0.717) is 5.92 Å². The lowest BCUT2D eigenvalue weighted by atomic mass is 10.1. The largest absolute Gasteiger partial charge is 0.356 e. The van der Waals surface area contributed by atoms with Crippen molar-refractivity contribution in [2.24, 2.45) is 10.9 Å². The zero-order chi connectivity index (χ0) is 16.5.